The van der Waals surface area contributed by atoms with Crippen LogP contribution in [0, 0.1) is 18.3 Å². The van der Waals surface area contributed by atoms with E-state index in [0.717, 1.165) is 23.1 Å². The van der Waals surface area contributed by atoms with Crippen LogP contribution in [0.3, 0.4) is 0 Å². The summed E-state index contributed by atoms with van der Waals surface area (Å²) < 4.78 is 13.6. The van der Waals surface area contributed by atoms with Crippen LogP contribution in [-0.2, 0) is 11.3 Å². The summed E-state index contributed by atoms with van der Waals surface area (Å²) in [6.07, 6.45) is 12.0. The summed E-state index contributed by atoms with van der Waals surface area (Å²) in [5.74, 6) is 4.33. The Bertz CT molecular complexity index is 898. The zero-order valence-electron chi connectivity index (χ0n) is 15.3. The number of methoxy groups -OCH3 is 2. The van der Waals surface area contributed by atoms with E-state index < -0.39 is 0 Å². The predicted molar refractivity (Wildman–Crippen MR) is 104 cm³/mol. The number of fused-ring (bicyclic) bond motifs is 1. The molecule has 0 spiro atoms. The highest BCUT2D eigenvalue weighted by atomic mass is 32.1. The zero-order chi connectivity index (χ0) is 18.5. The lowest BCUT2D eigenvalue weighted by molar-refractivity contribution is -0.119. The van der Waals surface area contributed by atoms with Gasteiger partial charge in [-0.2, -0.15) is 4.99 Å². The first-order chi connectivity index (χ1) is 12.7. The second-order valence-electron chi connectivity index (χ2n) is 6.56. The first-order valence-corrected chi connectivity index (χ1v) is 9.74. The molecule has 5 nitrogen and oxygen atoms in total. The van der Waals surface area contributed by atoms with Crippen molar-refractivity contribution >= 4 is 27.5 Å². The van der Waals surface area contributed by atoms with Crippen LogP contribution in [0.1, 0.15) is 38.5 Å². The van der Waals surface area contributed by atoms with Gasteiger partial charge in [-0.05, 0) is 18.8 Å². The fourth-order valence-corrected chi connectivity index (χ4v) is 4.57. The van der Waals surface area contributed by atoms with Crippen LogP contribution >= 0.6 is 11.3 Å². The third kappa shape index (κ3) is 3.94. The lowest BCUT2D eigenvalue weighted by Gasteiger charge is -2.19. The fourth-order valence-electron chi connectivity index (χ4n) is 3.52. The number of rotatable bonds is 5. The number of aromatic nitrogens is 1. The van der Waals surface area contributed by atoms with Gasteiger partial charge in [0.1, 0.15) is 0 Å². The molecule has 1 fully saturated rings. The third-order valence-corrected chi connectivity index (χ3v) is 5.89. The van der Waals surface area contributed by atoms with Crippen molar-refractivity contribution in [2.45, 2.75) is 45.1 Å². The standard InChI is InChI=1S/C20H24N2O3S/c1-4-10-22-15-12-16(24-2)17(25-3)13-18(15)26-20(22)21-19(23)11-14-8-6-5-7-9-14/h1,12-14H,5-11H2,2-3H3. The van der Waals surface area contributed by atoms with Gasteiger partial charge in [-0.3, -0.25) is 4.79 Å². The highest BCUT2D eigenvalue weighted by Gasteiger charge is 2.18. The second-order valence-corrected chi connectivity index (χ2v) is 7.57. The van der Waals surface area contributed by atoms with Crippen molar-refractivity contribution in [3.05, 3.63) is 16.9 Å². The summed E-state index contributed by atoms with van der Waals surface area (Å²) in [6.45, 7) is 0.352. The molecule has 1 aromatic heterocycles. The molecule has 0 aliphatic heterocycles. The predicted octanol–water partition coefficient (Wildman–Crippen LogP) is 3.75. The molecule has 0 saturated heterocycles. The molecule has 1 heterocycles. The molecule has 0 radical (unpaired) electrons. The third-order valence-electron chi connectivity index (χ3n) is 4.85. The van der Waals surface area contributed by atoms with Crippen LogP contribution in [0.15, 0.2) is 17.1 Å². The minimum absolute atomic E-state index is 0.0619. The Morgan fingerprint density at radius 1 is 1.27 bits per heavy atom. The van der Waals surface area contributed by atoms with E-state index in [1.807, 2.05) is 16.7 Å². The molecule has 6 heteroatoms. The van der Waals surface area contributed by atoms with Gasteiger partial charge in [0.15, 0.2) is 16.3 Å². The largest absolute Gasteiger partial charge is 0.493 e. The quantitative estimate of drug-likeness (QED) is 0.751. The molecule has 1 saturated carbocycles. The molecule has 0 atom stereocenters. The molecular weight excluding hydrogens is 348 g/mol. The molecule has 1 amide bonds. The Morgan fingerprint density at radius 2 is 1.96 bits per heavy atom. The Hall–Kier alpha value is -2.26. The van der Waals surface area contributed by atoms with E-state index in [2.05, 4.69) is 10.9 Å². The van der Waals surface area contributed by atoms with Crippen molar-refractivity contribution in [3.8, 4) is 23.8 Å². The van der Waals surface area contributed by atoms with Gasteiger partial charge in [0, 0.05) is 18.6 Å². The molecule has 2 aromatic rings. The maximum atomic E-state index is 12.5. The van der Waals surface area contributed by atoms with Crippen molar-refractivity contribution in [2.24, 2.45) is 10.9 Å². The van der Waals surface area contributed by atoms with Crippen LogP contribution in [0.25, 0.3) is 10.2 Å². The summed E-state index contributed by atoms with van der Waals surface area (Å²) >= 11 is 1.45. The topological polar surface area (TPSA) is 52.8 Å². The van der Waals surface area contributed by atoms with Gasteiger partial charge in [0.2, 0.25) is 5.91 Å². The van der Waals surface area contributed by atoms with E-state index in [-0.39, 0.29) is 5.91 Å². The number of terminal acetylenes is 1. The normalized spacial score (nSPS) is 15.8. The van der Waals surface area contributed by atoms with Crippen molar-refractivity contribution < 1.29 is 14.3 Å². The van der Waals surface area contributed by atoms with Gasteiger partial charge in [-0.15, -0.1) is 6.42 Å². The maximum Gasteiger partial charge on any atom is 0.248 e. The van der Waals surface area contributed by atoms with Crippen LogP contribution in [-0.4, -0.2) is 24.7 Å². The summed E-state index contributed by atoms with van der Waals surface area (Å²) in [5, 5.41) is 0. The maximum absolute atomic E-state index is 12.5. The highest BCUT2D eigenvalue weighted by Crippen LogP contribution is 2.33. The lowest BCUT2D eigenvalue weighted by atomic mass is 9.87. The van der Waals surface area contributed by atoms with E-state index in [1.54, 1.807) is 14.2 Å². The van der Waals surface area contributed by atoms with Crippen LogP contribution < -0.4 is 14.3 Å². The molecule has 0 N–H and O–H groups in total. The molecule has 0 bridgehead atoms. The number of amides is 1. The average molecular weight is 372 g/mol. The van der Waals surface area contributed by atoms with Gasteiger partial charge in [0.25, 0.3) is 0 Å². The first kappa shape index (κ1) is 18.5. The minimum atomic E-state index is -0.0619. The van der Waals surface area contributed by atoms with Crippen molar-refractivity contribution in [1.82, 2.24) is 4.57 Å². The molecule has 0 unspecified atom stereocenters. The van der Waals surface area contributed by atoms with Gasteiger partial charge < -0.3 is 14.0 Å². The fraction of sp³-hybridized carbons (Fsp3) is 0.500. The number of thiazole rings is 1. The van der Waals surface area contributed by atoms with Crippen molar-refractivity contribution in [3.63, 3.8) is 0 Å². The first-order valence-electron chi connectivity index (χ1n) is 8.92. The van der Waals surface area contributed by atoms with E-state index >= 15 is 0 Å². The van der Waals surface area contributed by atoms with Crippen LogP contribution in [0.5, 0.6) is 11.5 Å². The SMILES string of the molecule is C#CCn1c(=NC(=O)CC2CCCCC2)sc2cc(OC)c(OC)cc21. The van der Waals surface area contributed by atoms with Crippen molar-refractivity contribution in [1.29, 1.82) is 0 Å². The van der Waals surface area contributed by atoms with E-state index in [0.29, 0.717) is 35.2 Å². The number of hydrogen-bond acceptors (Lipinski definition) is 4. The number of ether oxygens (including phenoxy) is 2. The molecule has 1 aromatic carbocycles. The van der Waals surface area contributed by atoms with Crippen LogP contribution in [0.4, 0.5) is 0 Å². The molecule has 3 rings (SSSR count). The number of carbonyl (C=O) groups is 1. The number of carbonyl (C=O) groups excluding carboxylic acids is 1. The number of nitrogens with zero attached hydrogens (tertiary/aromatic N) is 2. The van der Waals surface area contributed by atoms with E-state index in [1.165, 1.54) is 30.6 Å². The summed E-state index contributed by atoms with van der Waals surface area (Å²) in [6, 6.07) is 3.78. The molecular formula is C20H24N2O3S. The average Bonchev–Trinajstić information content (AvgIpc) is 2.97. The Balaban J connectivity index is 1.99. The molecule has 138 valence electrons. The number of benzene rings is 1. The molecule has 1 aliphatic rings. The Morgan fingerprint density at radius 3 is 2.62 bits per heavy atom. The van der Waals surface area contributed by atoms with Gasteiger partial charge in [-0.25, -0.2) is 0 Å². The molecule has 26 heavy (non-hydrogen) atoms. The van der Waals surface area contributed by atoms with Gasteiger partial charge >= 0.3 is 0 Å². The monoisotopic (exact) mass is 372 g/mol. The zero-order valence-corrected chi connectivity index (χ0v) is 16.1. The van der Waals surface area contributed by atoms with Gasteiger partial charge in [0.05, 0.1) is 31.0 Å². The lowest BCUT2D eigenvalue weighted by Crippen LogP contribution is -2.18. The smallest absolute Gasteiger partial charge is 0.248 e. The van der Waals surface area contributed by atoms with Gasteiger partial charge in [-0.1, -0.05) is 36.5 Å². The van der Waals surface area contributed by atoms with E-state index in [9.17, 15) is 4.79 Å². The van der Waals surface area contributed by atoms with Crippen molar-refractivity contribution in [2.75, 3.05) is 14.2 Å². The second kappa shape index (κ2) is 8.41. The summed E-state index contributed by atoms with van der Waals surface area (Å²) in [5.41, 5.74) is 0.898. The molecule has 1 aliphatic carbocycles. The van der Waals surface area contributed by atoms with E-state index in [4.69, 9.17) is 15.9 Å². The highest BCUT2D eigenvalue weighted by molar-refractivity contribution is 7.16. The number of hydrogen-bond donors (Lipinski definition) is 0. The minimum Gasteiger partial charge on any atom is -0.493 e. The Labute approximate surface area is 157 Å². The summed E-state index contributed by atoms with van der Waals surface area (Å²) in [4.78, 5) is 17.5. The Kier molecular flexibility index (Phi) is 6.00. The van der Waals surface area contributed by atoms with Crippen LogP contribution in [0.2, 0.25) is 0 Å². The summed E-state index contributed by atoms with van der Waals surface area (Å²) in [7, 11) is 3.20.